The first-order chi connectivity index (χ1) is 9.46. The molecule has 0 saturated carbocycles. The summed E-state index contributed by atoms with van der Waals surface area (Å²) in [6.07, 6.45) is 0. The second kappa shape index (κ2) is 5.49. The predicted octanol–water partition coefficient (Wildman–Crippen LogP) is -0.611. The van der Waals surface area contributed by atoms with Crippen molar-refractivity contribution in [3.8, 4) is 0 Å². The minimum absolute atomic E-state index is 0.441. The van der Waals surface area contributed by atoms with Crippen molar-refractivity contribution in [3.05, 3.63) is 16.6 Å². The van der Waals surface area contributed by atoms with Crippen LogP contribution in [0.3, 0.4) is 0 Å². The Hall–Kier alpha value is -1.48. The minimum Gasteiger partial charge on any atom is -0.394 e. The molecule has 0 aromatic carbocycles. The topological polar surface area (TPSA) is 108 Å². The average molecular weight is 299 g/mol. The van der Waals surface area contributed by atoms with Crippen LogP contribution in [0.2, 0.25) is 0 Å². The molecule has 0 spiro atoms. The molecule has 2 heterocycles. The number of aliphatic hydroxyl groups excluding tert-OH is 3. The summed E-state index contributed by atoms with van der Waals surface area (Å²) in [5.41, 5.74) is -0.587. The first kappa shape index (κ1) is 14.9. The molecule has 4 N–H and O–H groups in total. The molecule has 0 aliphatic rings. The van der Waals surface area contributed by atoms with Crippen LogP contribution in [0.1, 0.15) is 15.4 Å². The number of aromatic nitrogens is 2. The van der Waals surface area contributed by atoms with Crippen molar-refractivity contribution in [1.82, 2.24) is 15.1 Å². The second-order valence-corrected chi connectivity index (χ2v) is 5.78. The lowest BCUT2D eigenvalue weighted by atomic mass is 10.0. The third-order valence-electron chi connectivity index (χ3n) is 3.21. The predicted molar refractivity (Wildman–Crippen MR) is 74.8 cm³/mol. The molecular formula is C12H17N3O4S. The van der Waals surface area contributed by atoms with E-state index < -0.39 is 31.3 Å². The van der Waals surface area contributed by atoms with Crippen molar-refractivity contribution in [2.24, 2.45) is 7.05 Å². The molecule has 0 saturated heterocycles. The average Bonchev–Trinajstić information content (AvgIpc) is 2.99. The van der Waals surface area contributed by atoms with Gasteiger partial charge in [0.2, 0.25) is 0 Å². The van der Waals surface area contributed by atoms with E-state index in [0.29, 0.717) is 4.88 Å². The molecular weight excluding hydrogens is 282 g/mol. The van der Waals surface area contributed by atoms with Gasteiger partial charge in [-0.1, -0.05) is 0 Å². The molecule has 110 valence electrons. The molecule has 2 rings (SSSR count). The molecule has 0 unspecified atom stereocenters. The van der Waals surface area contributed by atoms with Gasteiger partial charge >= 0.3 is 0 Å². The highest BCUT2D eigenvalue weighted by Gasteiger charge is 2.31. The smallest absolute Gasteiger partial charge is 0.262 e. The van der Waals surface area contributed by atoms with Crippen LogP contribution in [0.25, 0.3) is 10.2 Å². The van der Waals surface area contributed by atoms with E-state index in [1.54, 1.807) is 17.8 Å². The summed E-state index contributed by atoms with van der Waals surface area (Å²) in [6.45, 7) is 0.224. The Morgan fingerprint density at radius 3 is 2.50 bits per heavy atom. The molecule has 20 heavy (non-hydrogen) atoms. The normalized spacial score (nSPS) is 12.1. The molecule has 0 aliphatic carbocycles. The number of hydrogen-bond acceptors (Lipinski definition) is 6. The van der Waals surface area contributed by atoms with Gasteiger partial charge in [0.25, 0.3) is 5.91 Å². The Morgan fingerprint density at radius 2 is 2.00 bits per heavy atom. The molecule has 0 atom stereocenters. The fraction of sp³-hybridized carbons (Fsp3) is 0.500. The maximum atomic E-state index is 12.2. The fourth-order valence-corrected chi connectivity index (χ4v) is 2.91. The van der Waals surface area contributed by atoms with Crippen LogP contribution in [-0.4, -0.2) is 56.4 Å². The summed E-state index contributed by atoms with van der Waals surface area (Å²) in [6, 6.07) is 1.72. The van der Waals surface area contributed by atoms with E-state index in [-0.39, 0.29) is 0 Å². The monoisotopic (exact) mass is 299 g/mol. The van der Waals surface area contributed by atoms with Gasteiger partial charge in [-0.25, -0.2) is 0 Å². The maximum absolute atomic E-state index is 12.2. The highest BCUT2D eigenvalue weighted by atomic mass is 32.1. The van der Waals surface area contributed by atoms with Crippen molar-refractivity contribution < 1.29 is 20.1 Å². The molecule has 0 bridgehead atoms. The zero-order chi connectivity index (χ0) is 14.9. The standard InChI is InChI=1S/C12H17N3O4S/c1-7-8-3-9(20-11(8)15(2)14-7)10(19)13-12(4-16,5-17)6-18/h3,16-18H,4-6H2,1-2H3,(H,13,19). The molecule has 2 aromatic heterocycles. The SMILES string of the molecule is Cc1nn(C)c2sc(C(=O)NC(CO)(CO)CO)cc12. The van der Waals surface area contributed by atoms with Crippen LogP contribution in [-0.2, 0) is 7.05 Å². The van der Waals surface area contributed by atoms with E-state index in [9.17, 15) is 20.1 Å². The van der Waals surface area contributed by atoms with Gasteiger partial charge in [-0.15, -0.1) is 11.3 Å². The van der Waals surface area contributed by atoms with E-state index in [0.717, 1.165) is 15.9 Å². The largest absolute Gasteiger partial charge is 0.394 e. The summed E-state index contributed by atoms with van der Waals surface area (Å²) in [5.74, 6) is -0.442. The number of hydrogen-bond donors (Lipinski definition) is 4. The number of nitrogens with one attached hydrogen (secondary N) is 1. The lowest BCUT2D eigenvalue weighted by Crippen LogP contribution is -2.56. The van der Waals surface area contributed by atoms with E-state index in [2.05, 4.69) is 10.4 Å². The molecule has 0 aliphatic heterocycles. The highest BCUT2D eigenvalue weighted by Crippen LogP contribution is 2.27. The third-order valence-corrected chi connectivity index (χ3v) is 4.41. The molecule has 0 fully saturated rings. The molecule has 8 heteroatoms. The number of amides is 1. The number of nitrogens with zero attached hydrogens (tertiary/aromatic N) is 2. The Morgan fingerprint density at radius 1 is 1.40 bits per heavy atom. The number of aliphatic hydroxyl groups is 3. The van der Waals surface area contributed by atoms with E-state index >= 15 is 0 Å². The van der Waals surface area contributed by atoms with Gasteiger partial charge in [0.15, 0.2) is 0 Å². The summed E-state index contributed by atoms with van der Waals surface area (Å²) >= 11 is 1.27. The number of carbonyl (C=O) groups excluding carboxylic acids is 1. The van der Waals surface area contributed by atoms with Gasteiger partial charge in [0.1, 0.15) is 10.4 Å². The number of thiophene rings is 1. The Bertz CT molecular complexity index is 587. The van der Waals surface area contributed by atoms with E-state index in [1.165, 1.54) is 11.3 Å². The number of carbonyl (C=O) groups is 1. The second-order valence-electron chi connectivity index (χ2n) is 4.75. The van der Waals surface area contributed by atoms with Crippen molar-refractivity contribution >= 4 is 27.5 Å². The zero-order valence-electron chi connectivity index (χ0n) is 11.3. The first-order valence-corrected chi connectivity index (χ1v) is 6.86. The quantitative estimate of drug-likeness (QED) is 0.589. The lowest BCUT2D eigenvalue weighted by Gasteiger charge is -2.28. The first-order valence-electron chi connectivity index (χ1n) is 6.04. The van der Waals surface area contributed by atoms with Crippen LogP contribution in [0.4, 0.5) is 0 Å². The molecule has 1 amide bonds. The van der Waals surface area contributed by atoms with Gasteiger partial charge in [-0.3, -0.25) is 9.48 Å². The summed E-state index contributed by atoms with van der Waals surface area (Å²) in [7, 11) is 1.80. The van der Waals surface area contributed by atoms with Crippen LogP contribution in [0, 0.1) is 6.92 Å². The van der Waals surface area contributed by atoms with Crippen LogP contribution in [0.15, 0.2) is 6.07 Å². The maximum Gasteiger partial charge on any atom is 0.262 e. The van der Waals surface area contributed by atoms with E-state index in [1.807, 2.05) is 6.92 Å². The van der Waals surface area contributed by atoms with E-state index in [4.69, 9.17) is 0 Å². The summed E-state index contributed by atoms with van der Waals surface area (Å²) in [5, 5.41) is 35.3. The molecule has 2 aromatic rings. The molecule has 7 nitrogen and oxygen atoms in total. The summed E-state index contributed by atoms with van der Waals surface area (Å²) in [4.78, 5) is 13.5. The van der Waals surface area contributed by atoms with Crippen molar-refractivity contribution in [2.45, 2.75) is 12.5 Å². The van der Waals surface area contributed by atoms with Crippen molar-refractivity contribution in [1.29, 1.82) is 0 Å². The molecule has 0 radical (unpaired) electrons. The number of rotatable bonds is 5. The van der Waals surface area contributed by atoms with Gasteiger partial charge in [0.05, 0.1) is 30.4 Å². The Kier molecular flexibility index (Phi) is 4.09. The highest BCUT2D eigenvalue weighted by molar-refractivity contribution is 7.20. The number of aryl methyl sites for hydroxylation is 2. The van der Waals surface area contributed by atoms with Crippen molar-refractivity contribution in [2.75, 3.05) is 19.8 Å². The lowest BCUT2D eigenvalue weighted by molar-refractivity contribution is 0.0377. The van der Waals surface area contributed by atoms with Gasteiger partial charge in [0, 0.05) is 12.4 Å². The summed E-state index contributed by atoms with van der Waals surface area (Å²) < 4.78 is 1.70. The van der Waals surface area contributed by atoms with Crippen LogP contribution in [0.5, 0.6) is 0 Å². The van der Waals surface area contributed by atoms with Crippen molar-refractivity contribution in [3.63, 3.8) is 0 Å². The van der Waals surface area contributed by atoms with Gasteiger partial charge in [-0.05, 0) is 13.0 Å². The Labute approximate surface area is 119 Å². The van der Waals surface area contributed by atoms with Crippen LogP contribution < -0.4 is 5.32 Å². The number of fused-ring (bicyclic) bond motifs is 1. The van der Waals surface area contributed by atoms with Gasteiger partial charge < -0.3 is 20.6 Å². The van der Waals surface area contributed by atoms with Crippen LogP contribution >= 0.6 is 11.3 Å². The minimum atomic E-state index is -1.42. The van der Waals surface area contributed by atoms with Gasteiger partial charge in [-0.2, -0.15) is 5.10 Å². The fourth-order valence-electron chi connectivity index (χ4n) is 1.89. The third kappa shape index (κ3) is 2.42. The zero-order valence-corrected chi connectivity index (χ0v) is 12.1. The Balaban J connectivity index is 2.29.